The van der Waals surface area contributed by atoms with Gasteiger partial charge in [-0.3, -0.25) is 9.59 Å². The predicted octanol–water partition coefficient (Wildman–Crippen LogP) is 1.41. The van der Waals surface area contributed by atoms with E-state index in [0.717, 1.165) is 5.57 Å². The molecule has 0 bridgehead atoms. The maximum atomic E-state index is 12.5. The van der Waals surface area contributed by atoms with E-state index in [1.165, 1.54) is 6.92 Å². The minimum atomic E-state index is -1.11. The first-order valence-electron chi connectivity index (χ1n) is 11.0. The summed E-state index contributed by atoms with van der Waals surface area (Å²) in [5.74, 6) is -2.27. The minimum Gasteiger partial charge on any atom is -0.481 e. The summed E-state index contributed by atoms with van der Waals surface area (Å²) in [7, 11) is 0. The first kappa shape index (κ1) is 25.5. The van der Waals surface area contributed by atoms with Crippen molar-refractivity contribution in [1.29, 1.82) is 0 Å². The van der Waals surface area contributed by atoms with Crippen LogP contribution in [0.1, 0.15) is 52.9 Å². The van der Waals surface area contributed by atoms with E-state index in [1.54, 1.807) is 13.0 Å². The molecular formula is C23H36O8. The molecule has 0 amide bonds. The smallest absolute Gasteiger partial charge is 0.311 e. The highest BCUT2D eigenvalue weighted by molar-refractivity contribution is 5.73. The van der Waals surface area contributed by atoms with Crippen molar-refractivity contribution in [3.8, 4) is 0 Å². The summed E-state index contributed by atoms with van der Waals surface area (Å²) in [6, 6.07) is 0. The van der Waals surface area contributed by atoms with E-state index in [9.17, 15) is 30.0 Å². The third-order valence-corrected chi connectivity index (χ3v) is 6.52. The van der Waals surface area contributed by atoms with Gasteiger partial charge in [0, 0.05) is 12.3 Å². The highest BCUT2D eigenvalue weighted by Crippen LogP contribution is 2.44. The predicted molar refractivity (Wildman–Crippen MR) is 113 cm³/mol. The van der Waals surface area contributed by atoms with Crippen molar-refractivity contribution in [3.63, 3.8) is 0 Å². The molecule has 0 fully saturated rings. The molecule has 5 N–H and O–H groups in total. The molecule has 8 nitrogen and oxygen atoms in total. The van der Waals surface area contributed by atoms with E-state index in [2.05, 4.69) is 0 Å². The lowest BCUT2D eigenvalue weighted by Crippen LogP contribution is -2.43. The van der Waals surface area contributed by atoms with Crippen LogP contribution < -0.4 is 0 Å². The van der Waals surface area contributed by atoms with Crippen molar-refractivity contribution in [1.82, 2.24) is 0 Å². The number of ether oxygens (including phenoxy) is 1. The van der Waals surface area contributed by atoms with Gasteiger partial charge >= 0.3 is 11.9 Å². The zero-order chi connectivity index (χ0) is 23.3. The molecule has 0 spiro atoms. The van der Waals surface area contributed by atoms with E-state index >= 15 is 0 Å². The number of carboxylic acid groups (broad SMARTS) is 1. The molecule has 176 valence electrons. The van der Waals surface area contributed by atoms with Gasteiger partial charge in [-0.05, 0) is 50.5 Å². The number of aliphatic carboxylic acids is 1. The third kappa shape index (κ3) is 7.14. The number of aliphatic hydroxyl groups excluding tert-OH is 4. The Morgan fingerprint density at radius 3 is 2.48 bits per heavy atom. The average molecular weight is 441 g/mol. The summed E-state index contributed by atoms with van der Waals surface area (Å²) in [5, 5.41) is 48.8. The number of allylic oxidation sites excluding steroid dienone is 2. The summed E-state index contributed by atoms with van der Waals surface area (Å²) >= 11 is 0. The van der Waals surface area contributed by atoms with Crippen LogP contribution >= 0.6 is 0 Å². The number of rotatable bonds is 10. The fourth-order valence-electron chi connectivity index (χ4n) is 4.54. The van der Waals surface area contributed by atoms with Crippen molar-refractivity contribution in [2.45, 2.75) is 83.4 Å². The van der Waals surface area contributed by atoms with Gasteiger partial charge in [-0.1, -0.05) is 25.2 Å². The van der Waals surface area contributed by atoms with Gasteiger partial charge in [0.2, 0.25) is 0 Å². The summed E-state index contributed by atoms with van der Waals surface area (Å²) < 4.78 is 5.75. The Balaban J connectivity index is 2.10. The van der Waals surface area contributed by atoms with Gasteiger partial charge in [0.1, 0.15) is 6.10 Å². The van der Waals surface area contributed by atoms with Gasteiger partial charge < -0.3 is 30.3 Å². The Kier molecular flexibility index (Phi) is 9.24. The van der Waals surface area contributed by atoms with Crippen molar-refractivity contribution >= 4 is 11.9 Å². The van der Waals surface area contributed by atoms with Crippen LogP contribution in [0.4, 0.5) is 0 Å². The number of esters is 1. The minimum absolute atomic E-state index is 0.0143. The maximum Gasteiger partial charge on any atom is 0.311 e. The van der Waals surface area contributed by atoms with E-state index in [0.29, 0.717) is 12.8 Å². The molecule has 31 heavy (non-hydrogen) atoms. The fourth-order valence-corrected chi connectivity index (χ4v) is 4.54. The second kappa shape index (κ2) is 11.2. The molecule has 0 radical (unpaired) electrons. The largest absolute Gasteiger partial charge is 0.481 e. The SMILES string of the molecule is CC(O)C(C)C(=O)O[C@H]1C[C@H](O)C=C2C=C[C@H](C)[C@H](CCC(O)CC(O)CC(=O)O)[C@H]21. The third-order valence-electron chi connectivity index (χ3n) is 6.52. The Bertz CT molecular complexity index is 685. The van der Waals surface area contributed by atoms with Crippen molar-refractivity contribution in [3.05, 3.63) is 23.8 Å². The Hall–Kier alpha value is -1.74. The van der Waals surface area contributed by atoms with Crippen LogP contribution in [0.15, 0.2) is 23.8 Å². The second-order valence-corrected chi connectivity index (χ2v) is 9.10. The highest BCUT2D eigenvalue weighted by Gasteiger charge is 2.42. The van der Waals surface area contributed by atoms with Gasteiger partial charge in [-0.25, -0.2) is 0 Å². The molecule has 0 aromatic heterocycles. The lowest BCUT2D eigenvalue weighted by atomic mass is 9.66. The van der Waals surface area contributed by atoms with Gasteiger partial charge in [-0.2, -0.15) is 0 Å². The average Bonchev–Trinajstić information content (AvgIpc) is 2.65. The van der Waals surface area contributed by atoms with Gasteiger partial charge in [-0.15, -0.1) is 0 Å². The van der Waals surface area contributed by atoms with Crippen molar-refractivity contribution in [2.75, 3.05) is 0 Å². The topological polar surface area (TPSA) is 145 Å². The van der Waals surface area contributed by atoms with E-state index in [-0.39, 0.29) is 30.6 Å². The van der Waals surface area contributed by atoms with Crippen LogP contribution in [0.2, 0.25) is 0 Å². The molecule has 2 aliphatic rings. The fraction of sp³-hybridized carbons (Fsp3) is 0.739. The molecule has 4 unspecified atom stereocenters. The summed E-state index contributed by atoms with van der Waals surface area (Å²) in [4.78, 5) is 23.2. The molecule has 8 heteroatoms. The molecule has 0 aromatic rings. The van der Waals surface area contributed by atoms with Crippen molar-refractivity contribution < 1.29 is 39.9 Å². The molecule has 0 aliphatic heterocycles. The van der Waals surface area contributed by atoms with Crippen LogP contribution in [-0.2, 0) is 14.3 Å². The van der Waals surface area contributed by atoms with Gasteiger partial charge in [0.15, 0.2) is 0 Å². The number of hydrogen-bond acceptors (Lipinski definition) is 7. The zero-order valence-electron chi connectivity index (χ0n) is 18.4. The van der Waals surface area contributed by atoms with Crippen LogP contribution in [0.5, 0.6) is 0 Å². The summed E-state index contributed by atoms with van der Waals surface area (Å²) in [6.07, 6.45) is 2.49. The monoisotopic (exact) mass is 440 g/mol. The Morgan fingerprint density at radius 1 is 1.19 bits per heavy atom. The molecule has 0 aromatic carbocycles. The first-order valence-corrected chi connectivity index (χ1v) is 11.0. The van der Waals surface area contributed by atoms with E-state index in [4.69, 9.17) is 9.84 Å². The molecule has 2 rings (SSSR count). The normalized spacial score (nSPS) is 31.7. The standard InChI is InChI=1S/C23H36O8/c1-12-4-5-15-8-17(26)10-20(31-23(30)13(2)14(3)24)22(15)19(12)7-6-16(25)9-18(27)11-21(28)29/h4-5,8,12-14,16-20,22,24-27H,6-7,9-11H2,1-3H3,(H,28,29)/t12-,13?,14?,16?,17+,18?,19-,20-,22-/m0/s1. The molecule has 0 heterocycles. The Morgan fingerprint density at radius 2 is 1.87 bits per heavy atom. The molecular weight excluding hydrogens is 404 g/mol. The second-order valence-electron chi connectivity index (χ2n) is 9.10. The number of aliphatic hydroxyl groups is 4. The number of carbonyl (C=O) groups excluding carboxylic acids is 1. The van der Waals surface area contributed by atoms with Crippen LogP contribution in [0.25, 0.3) is 0 Å². The number of fused-ring (bicyclic) bond motifs is 1. The lowest BCUT2D eigenvalue weighted by molar-refractivity contribution is -0.162. The lowest BCUT2D eigenvalue weighted by Gasteiger charge is -2.43. The van der Waals surface area contributed by atoms with Gasteiger partial charge in [0.05, 0.1) is 36.8 Å². The summed E-state index contributed by atoms with van der Waals surface area (Å²) in [5.41, 5.74) is 0.893. The van der Waals surface area contributed by atoms with Crippen LogP contribution in [0, 0.1) is 23.7 Å². The Labute approximate surface area is 183 Å². The number of carbonyl (C=O) groups is 2. The molecule has 2 aliphatic carbocycles. The van der Waals surface area contributed by atoms with Gasteiger partial charge in [0.25, 0.3) is 0 Å². The quantitative estimate of drug-likeness (QED) is 0.321. The van der Waals surface area contributed by atoms with Crippen LogP contribution in [-0.4, -0.2) is 68.0 Å². The highest BCUT2D eigenvalue weighted by atomic mass is 16.5. The number of carboxylic acids is 1. The van der Waals surface area contributed by atoms with Crippen molar-refractivity contribution in [2.24, 2.45) is 23.7 Å². The van der Waals surface area contributed by atoms with Crippen LogP contribution in [0.3, 0.4) is 0 Å². The number of hydrogen-bond donors (Lipinski definition) is 5. The first-order chi connectivity index (χ1) is 14.5. The molecule has 9 atom stereocenters. The maximum absolute atomic E-state index is 12.5. The van der Waals surface area contributed by atoms with E-state index in [1.807, 2.05) is 19.1 Å². The van der Waals surface area contributed by atoms with E-state index < -0.39 is 54.8 Å². The zero-order valence-corrected chi connectivity index (χ0v) is 18.4. The molecule has 0 saturated carbocycles. The summed E-state index contributed by atoms with van der Waals surface area (Å²) in [6.45, 7) is 5.18. The molecule has 0 saturated heterocycles.